The van der Waals surface area contributed by atoms with Crippen LogP contribution >= 0.6 is 22.7 Å². The molecule has 1 aliphatic rings. The summed E-state index contributed by atoms with van der Waals surface area (Å²) in [6.07, 6.45) is 3.91. The van der Waals surface area contributed by atoms with Crippen LogP contribution in [0.5, 0.6) is 0 Å². The number of para-hydroxylation sites is 1. The SMILES string of the molecule is O=C(CN1CCc2sccc2[C@H]1c1cccs1)NCCc1c[nH]c2ccccc12. The van der Waals surface area contributed by atoms with Crippen LogP contribution in [0.3, 0.4) is 0 Å². The zero-order valence-electron chi connectivity index (χ0n) is 16.1. The molecule has 1 amide bonds. The van der Waals surface area contributed by atoms with E-state index in [1.807, 2.05) is 23.6 Å². The largest absolute Gasteiger partial charge is 0.361 e. The number of fused-ring (bicyclic) bond motifs is 2. The van der Waals surface area contributed by atoms with Gasteiger partial charge in [0.05, 0.1) is 12.6 Å². The van der Waals surface area contributed by atoms with Gasteiger partial charge in [-0.2, -0.15) is 0 Å². The molecule has 0 spiro atoms. The molecule has 3 aromatic heterocycles. The third-order valence-corrected chi connectivity index (χ3v) is 7.54. The number of rotatable bonds is 6. The highest BCUT2D eigenvalue weighted by Crippen LogP contribution is 2.39. The van der Waals surface area contributed by atoms with Crippen molar-refractivity contribution in [3.63, 3.8) is 0 Å². The summed E-state index contributed by atoms with van der Waals surface area (Å²) in [6.45, 7) is 2.01. The Labute approximate surface area is 178 Å². The van der Waals surface area contributed by atoms with Crippen molar-refractivity contribution in [3.8, 4) is 0 Å². The fourth-order valence-corrected chi connectivity index (χ4v) is 6.01. The van der Waals surface area contributed by atoms with Crippen LogP contribution in [-0.4, -0.2) is 35.4 Å². The molecule has 1 aliphatic heterocycles. The van der Waals surface area contributed by atoms with E-state index in [2.05, 4.69) is 62.4 Å². The van der Waals surface area contributed by atoms with Crippen molar-refractivity contribution in [1.82, 2.24) is 15.2 Å². The van der Waals surface area contributed by atoms with Crippen molar-refractivity contribution in [2.75, 3.05) is 19.6 Å². The third-order valence-electron chi connectivity index (χ3n) is 5.62. The predicted octanol–water partition coefficient (Wildman–Crippen LogP) is 4.60. The maximum Gasteiger partial charge on any atom is 0.234 e. The van der Waals surface area contributed by atoms with Gasteiger partial charge in [0.25, 0.3) is 0 Å². The summed E-state index contributed by atoms with van der Waals surface area (Å²) >= 11 is 3.61. The van der Waals surface area contributed by atoms with E-state index in [0.29, 0.717) is 13.1 Å². The molecule has 5 rings (SSSR count). The molecule has 0 unspecified atom stereocenters. The zero-order valence-corrected chi connectivity index (χ0v) is 17.7. The smallest absolute Gasteiger partial charge is 0.234 e. The van der Waals surface area contributed by atoms with Crippen molar-refractivity contribution < 1.29 is 4.79 Å². The lowest BCUT2D eigenvalue weighted by atomic mass is 9.98. The molecule has 1 atom stereocenters. The molecule has 0 radical (unpaired) electrons. The first-order chi connectivity index (χ1) is 14.3. The van der Waals surface area contributed by atoms with Crippen molar-refractivity contribution in [1.29, 1.82) is 0 Å². The molecule has 0 fully saturated rings. The monoisotopic (exact) mass is 421 g/mol. The Balaban J connectivity index is 1.23. The van der Waals surface area contributed by atoms with Gasteiger partial charge in [0.1, 0.15) is 0 Å². The third kappa shape index (κ3) is 3.75. The maximum atomic E-state index is 12.7. The lowest BCUT2D eigenvalue weighted by molar-refractivity contribution is -0.122. The van der Waals surface area contributed by atoms with Gasteiger partial charge in [-0.25, -0.2) is 0 Å². The Bertz CT molecular complexity index is 1110. The van der Waals surface area contributed by atoms with Gasteiger partial charge in [-0.15, -0.1) is 22.7 Å². The Hall–Kier alpha value is -2.41. The average Bonchev–Trinajstić information content (AvgIpc) is 3.49. The molecule has 1 aromatic carbocycles. The van der Waals surface area contributed by atoms with E-state index in [-0.39, 0.29) is 11.9 Å². The summed E-state index contributed by atoms with van der Waals surface area (Å²) in [4.78, 5) is 21.1. The number of H-pyrrole nitrogens is 1. The van der Waals surface area contributed by atoms with E-state index < -0.39 is 0 Å². The van der Waals surface area contributed by atoms with E-state index in [0.717, 1.165) is 24.9 Å². The van der Waals surface area contributed by atoms with Crippen LogP contribution < -0.4 is 5.32 Å². The molecule has 0 aliphatic carbocycles. The van der Waals surface area contributed by atoms with Crippen LogP contribution in [0.1, 0.15) is 26.9 Å². The summed E-state index contributed by atoms with van der Waals surface area (Å²) in [5.74, 6) is 0.102. The fourth-order valence-electron chi connectivity index (χ4n) is 4.23. The second kappa shape index (κ2) is 8.14. The number of aromatic amines is 1. The highest BCUT2D eigenvalue weighted by atomic mass is 32.1. The van der Waals surface area contributed by atoms with Crippen molar-refractivity contribution in [2.24, 2.45) is 0 Å². The number of nitrogens with one attached hydrogen (secondary N) is 2. The number of aromatic nitrogens is 1. The summed E-state index contributed by atoms with van der Waals surface area (Å²) < 4.78 is 0. The van der Waals surface area contributed by atoms with Crippen LogP contribution in [0.2, 0.25) is 0 Å². The Kier molecular flexibility index (Phi) is 5.23. The van der Waals surface area contributed by atoms with Crippen LogP contribution in [0.4, 0.5) is 0 Å². The molecule has 29 heavy (non-hydrogen) atoms. The lowest BCUT2D eigenvalue weighted by Gasteiger charge is -2.34. The maximum absolute atomic E-state index is 12.7. The van der Waals surface area contributed by atoms with Crippen molar-refractivity contribution >= 4 is 39.5 Å². The van der Waals surface area contributed by atoms with Gasteiger partial charge >= 0.3 is 0 Å². The first kappa shape index (κ1) is 18.6. The van der Waals surface area contributed by atoms with Gasteiger partial charge in [0.2, 0.25) is 5.91 Å². The van der Waals surface area contributed by atoms with E-state index in [4.69, 9.17) is 0 Å². The summed E-state index contributed by atoms with van der Waals surface area (Å²) in [5, 5.41) is 8.66. The van der Waals surface area contributed by atoms with Crippen LogP contribution in [-0.2, 0) is 17.6 Å². The van der Waals surface area contributed by atoms with Gasteiger partial charge in [0.15, 0.2) is 0 Å². The topological polar surface area (TPSA) is 48.1 Å². The molecule has 4 nitrogen and oxygen atoms in total. The first-order valence-electron chi connectivity index (χ1n) is 9.95. The molecule has 148 valence electrons. The number of amides is 1. The van der Waals surface area contributed by atoms with Crippen LogP contribution in [0.15, 0.2) is 59.4 Å². The minimum absolute atomic E-state index is 0.102. The lowest BCUT2D eigenvalue weighted by Crippen LogP contribution is -2.42. The van der Waals surface area contributed by atoms with E-state index >= 15 is 0 Å². The normalized spacial score (nSPS) is 16.8. The second-order valence-corrected chi connectivity index (χ2v) is 9.38. The number of carbonyl (C=O) groups is 1. The number of hydrogen-bond donors (Lipinski definition) is 2. The molecule has 2 N–H and O–H groups in total. The quantitative estimate of drug-likeness (QED) is 0.478. The standard InChI is InChI=1S/C23H23N3OS2/c27-22(24-10-7-16-14-25-19-5-2-1-4-17(16)19)15-26-11-8-20-18(9-13-29-20)23(26)21-6-3-12-28-21/h1-6,9,12-14,23,25H,7-8,10-11,15H2,(H,24,27)/t23-/m0/s1. The van der Waals surface area contributed by atoms with Crippen LogP contribution in [0.25, 0.3) is 10.9 Å². The summed E-state index contributed by atoms with van der Waals surface area (Å²) in [5.41, 5.74) is 3.76. The fraction of sp³-hybridized carbons (Fsp3) is 0.261. The highest BCUT2D eigenvalue weighted by molar-refractivity contribution is 7.10. The number of nitrogens with zero attached hydrogens (tertiary/aromatic N) is 1. The summed E-state index contributed by atoms with van der Waals surface area (Å²) in [7, 11) is 0. The minimum Gasteiger partial charge on any atom is -0.361 e. The predicted molar refractivity (Wildman–Crippen MR) is 121 cm³/mol. The van der Waals surface area contributed by atoms with Crippen LogP contribution in [0, 0.1) is 0 Å². The average molecular weight is 422 g/mol. The zero-order chi connectivity index (χ0) is 19.6. The second-order valence-electron chi connectivity index (χ2n) is 7.40. The van der Waals surface area contributed by atoms with Gasteiger partial charge in [-0.05, 0) is 52.9 Å². The van der Waals surface area contributed by atoms with Gasteiger partial charge in [-0.3, -0.25) is 9.69 Å². The molecule has 0 saturated heterocycles. The number of benzene rings is 1. The highest BCUT2D eigenvalue weighted by Gasteiger charge is 2.31. The first-order valence-corrected chi connectivity index (χ1v) is 11.7. The van der Waals surface area contributed by atoms with E-state index in [1.54, 1.807) is 11.3 Å². The number of carbonyl (C=O) groups excluding carboxylic acids is 1. The number of hydrogen-bond acceptors (Lipinski definition) is 4. The Morgan fingerprint density at radius 2 is 2.07 bits per heavy atom. The molecule has 4 heterocycles. The molecule has 0 bridgehead atoms. The van der Waals surface area contributed by atoms with Gasteiger partial charge in [-0.1, -0.05) is 24.3 Å². The minimum atomic E-state index is 0.102. The molecule has 6 heteroatoms. The molecule has 0 saturated carbocycles. The van der Waals surface area contributed by atoms with E-state index in [1.165, 1.54) is 26.3 Å². The molecule has 4 aromatic rings. The van der Waals surface area contributed by atoms with Gasteiger partial charge in [0, 0.05) is 39.9 Å². The van der Waals surface area contributed by atoms with Crippen molar-refractivity contribution in [3.05, 3.63) is 80.3 Å². The summed E-state index contributed by atoms with van der Waals surface area (Å²) in [6, 6.07) is 15.0. The van der Waals surface area contributed by atoms with Gasteiger partial charge < -0.3 is 10.3 Å². The molecular formula is C23H23N3OS2. The Morgan fingerprint density at radius 1 is 1.14 bits per heavy atom. The molecular weight excluding hydrogens is 398 g/mol. The number of thiophene rings is 2. The van der Waals surface area contributed by atoms with E-state index in [9.17, 15) is 4.79 Å². The van der Waals surface area contributed by atoms with Crippen molar-refractivity contribution in [2.45, 2.75) is 18.9 Å². The Morgan fingerprint density at radius 3 is 2.97 bits per heavy atom.